The predicted molar refractivity (Wildman–Crippen MR) is 80.3 cm³/mol. The number of rotatable bonds is 5. The van der Waals surface area contributed by atoms with Crippen LogP contribution < -0.4 is 5.32 Å². The fraction of sp³-hybridized carbons (Fsp3) is 0.375. The van der Waals surface area contributed by atoms with Gasteiger partial charge in [-0.25, -0.2) is 4.39 Å². The summed E-state index contributed by atoms with van der Waals surface area (Å²) in [6.45, 7) is 7.22. The van der Waals surface area contributed by atoms with Gasteiger partial charge < -0.3 is 5.32 Å². The highest BCUT2D eigenvalue weighted by atomic mass is 32.1. The van der Waals surface area contributed by atoms with Gasteiger partial charge in [0, 0.05) is 4.88 Å². The summed E-state index contributed by atoms with van der Waals surface area (Å²) in [5, 5.41) is 5.69. The second-order valence-corrected chi connectivity index (χ2v) is 5.80. The van der Waals surface area contributed by atoms with Crippen LogP contribution in [0.2, 0.25) is 0 Å². The lowest BCUT2D eigenvalue weighted by molar-refractivity contribution is 0.594. The highest BCUT2D eigenvalue weighted by Crippen LogP contribution is 2.31. The van der Waals surface area contributed by atoms with Crippen molar-refractivity contribution in [1.82, 2.24) is 5.32 Å². The minimum absolute atomic E-state index is 0.167. The molecule has 0 fully saturated rings. The van der Waals surface area contributed by atoms with Crippen LogP contribution in [0.5, 0.6) is 0 Å². The van der Waals surface area contributed by atoms with Crippen molar-refractivity contribution in [3.63, 3.8) is 0 Å². The van der Waals surface area contributed by atoms with E-state index in [9.17, 15) is 4.39 Å². The molecule has 0 radical (unpaired) electrons. The fourth-order valence-electron chi connectivity index (χ4n) is 2.28. The Labute approximate surface area is 118 Å². The van der Waals surface area contributed by atoms with Gasteiger partial charge in [-0.2, -0.15) is 0 Å². The maximum Gasteiger partial charge on any atom is 0.123 e. The summed E-state index contributed by atoms with van der Waals surface area (Å²) in [5.74, 6) is -0.168. The average molecular weight is 277 g/mol. The van der Waals surface area contributed by atoms with Gasteiger partial charge in [0.15, 0.2) is 0 Å². The molecule has 0 saturated heterocycles. The van der Waals surface area contributed by atoms with Gasteiger partial charge in [-0.15, -0.1) is 11.3 Å². The maximum atomic E-state index is 13.3. The molecule has 1 nitrogen and oxygen atoms in total. The Bertz CT molecular complexity index is 547. The van der Waals surface area contributed by atoms with E-state index < -0.39 is 0 Å². The van der Waals surface area contributed by atoms with Crippen molar-refractivity contribution >= 4 is 11.3 Å². The third kappa shape index (κ3) is 3.23. The lowest BCUT2D eigenvalue weighted by atomic mass is 9.98. The predicted octanol–water partition coefficient (Wildman–Crippen LogP) is 4.59. The molecule has 1 N–H and O–H groups in total. The Hall–Kier alpha value is -1.19. The number of aryl methyl sites for hydroxylation is 2. The minimum Gasteiger partial charge on any atom is -0.306 e. The SMILES string of the molecule is CCCNC(c1ccc(F)cc1C)c1sccc1C. The van der Waals surface area contributed by atoms with E-state index in [1.165, 1.54) is 16.0 Å². The van der Waals surface area contributed by atoms with Gasteiger partial charge in [0.1, 0.15) is 5.82 Å². The molecule has 0 aliphatic carbocycles. The van der Waals surface area contributed by atoms with Crippen LogP contribution in [-0.4, -0.2) is 6.54 Å². The number of hydrogen-bond donors (Lipinski definition) is 1. The third-order valence-corrected chi connectivity index (χ3v) is 4.39. The maximum absolute atomic E-state index is 13.3. The molecule has 102 valence electrons. The van der Waals surface area contributed by atoms with Crippen LogP contribution in [0, 0.1) is 19.7 Å². The Morgan fingerprint density at radius 1 is 1.21 bits per heavy atom. The smallest absolute Gasteiger partial charge is 0.123 e. The van der Waals surface area contributed by atoms with E-state index in [4.69, 9.17) is 0 Å². The number of benzene rings is 1. The summed E-state index contributed by atoms with van der Waals surface area (Å²) >= 11 is 1.76. The molecule has 19 heavy (non-hydrogen) atoms. The van der Waals surface area contributed by atoms with Crippen LogP contribution in [-0.2, 0) is 0 Å². The van der Waals surface area contributed by atoms with Gasteiger partial charge in [-0.1, -0.05) is 13.0 Å². The lowest BCUT2D eigenvalue weighted by Crippen LogP contribution is -2.23. The minimum atomic E-state index is -0.168. The van der Waals surface area contributed by atoms with Crippen molar-refractivity contribution in [1.29, 1.82) is 0 Å². The molecule has 0 spiro atoms. The summed E-state index contributed by atoms with van der Waals surface area (Å²) in [5.41, 5.74) is 3.46. The molecular formula is C16H20FNS. The molecule has 0 aliphatic rings. The van der Waals surface area contributed by atoms with Crippen LogP contribution in [0.15, 0.2) is 29.6 Å². The molecule has 0 aliphatic heterocycles. The van der Waals surface area contributed by atoms with Crippen LogP contribution >= 0.6 is 11.3 Å². The largest absolute Gasteiger partial charge is 0.306 e. The van der Waals surface area contributed by atoms with Crippen LogP contribution in [0.1, 0.15) is 41.0 Å². The Kier molecular flexibility index (Phi) is 4.72. The van der Waals surface area contributed by atoms with Crippen LogP contribution in [0.25, 0.3) is 0 Å². The van der Waals surface area contributed by atoms with Crippen LogP contribution in [0.4, 0.5) is 4.39 Å². The van der Waals surface area contributed by atoms with Crippen molar-refractivity contribution in [3.05, 3.63) is 57.0 Å². The van der Waals surface area contributed by atoms with E-state index in [1.54, 1.807) is 23.5 Å². The van der Waals surface area contributed by atoms with E-state index in [1.807, 2.05) is 13.0 Å². The number of halogens is 1. The first kappa shape index (κ1) is 14.2. The topological polar surface area (TPSA) is 12.0 Å². The number of thiophene rings is 1. The average Bonchev–Trinajstić information content (AvgIpc) is 2.78. The Morgan fingerprint density at radius 3 is 2.58 bits per heavy atom. The van der Waals surface area contributed by atoms with Crippen LogP contribution in [0.3, 0.4) is 0 Å². The zero-order valence-electron chi connectivity index (χ0n) is 11.7. The fourth-order valence-corrected chi connectivity index (χ4v) is 3.29. The first-order valence-corrected chi connectivity index (χ1v) is 7.55. The molecular weight excluding hydrogens is 257 g/mol. The standard InChI is InChI=1S/C16H20FNS/c1-4-8-18-15(16-11(2)7-9-19-16)14-6-5-13(17)10-12(14)3/h5-7,9-10,15,18H,4,8H2,1-3H3. The van der Waals surface area contributed by atoms with E-state index >= 15 is 0 Å². The summed E-state index contributed by atoms with van der Waals surface area (Å²) in [4.78, 5) is 1.32. The molecule has 1 aromatic heterocycles. The van der Waals surface area contributed by atoms with Gasteiger partial charge in [0.05, 0.1) is 6.04 Å². The molecule has 1 aromatic carbocycles. The molecule has 1 atom stereocenters. The summed E-state index contributed by atoms with van der Waals surface area (Å²) < 4.78 is 13.3. The van der Waals surface area contributed by atoms with E-state index in [2.05, 4.69) is 30.6 Å². The third-order valence-electron chi connectivity index (χ3n) is 3.31. The molecule has 2 aromatic rings. The molecule has 0 saturated carbocycles. The molecule has 0 bridgehead atoms. The summed E-state index contributed by atoms with van der Waals surface area (Å²) in [7, 11) is 0. The van der Waals surface area contributed by atoms with Gasteiger partial charge in [-0.3, -0.25) is 0 Å². The van der Waals surface area contributed by atoms with Crippen molar-refractivity contribution in [2.24, 2.45) is 0 Å². The van der Waals surface area contributed by atoms with Crippen molar-refractivity contribution in [2.75, 3.05) is 6.54 Å². The molecule has 0 amide bonds. The molecule has 2 rings (SSSR count). The lowest BCUT2D eigenvalue weighted by Gasteiger charge is -2.21. The van der Waals surface area contributed by atoms with E-state index in [0.717, 1.165) is 18.5 Å². The molecule has 1 heterocycles. The Balaban J connectivity index is 2.40. The highest BCUT2D eigenvalue weighted by Gasteiger charge is 2.18. The van der Waals surface area contributed by atoms with Crippen molar-refractivity contribution < 1.29 is 4.39 Å². The first-order valence-electron chi connectivity index (χ1n) is 6.67. The first-order chi connectivity index (χ1) is 9.13. The normalized spacial score (nSPS) is 12.6. The van der Waals surface area contributed by atoms with Gasteiger partial charge >= 0.3 is 0 Å². The monoisotopic (exact) mass is 277 g/mol. The van der Waals surface area contributed by atoms with Gasteiger partial charge in [0.2, 0.25) is 0 Å². The van der Waals surface area contributed by atoms with Gasteiger partial charge in [0.25, 0.3) is 0 Å². The van der Waals surface area contributed by atoms with Gasteiger partial charge in [-0.05, 0) is 67.1 Å². The van der Waals surface area contributed by atoms with E-state index in [0.29, 0.717) is 0 Å². The number of nitrogens with one attached hydrogen (secondary N) is 1. The number of hydrogen-bond acceptors (Lipinski definition) is 2. The molecule has 3 heteroatoms. The van der Waals surface area contributed by atoms with Crippen molar-refractivity contribution in [2.45, 2.75) is 33.2 Å². The summed E-state index contributed by atoms with van der Waals surface area (Å²) in [6, 6.07) is 7.36. The Morgan fingerprint density at radius 2 is 2.00 bits per heavy atom. The zero-order chi connectivity index (χ0) is 13.8. The zero-order valence-corrected chi connectivity index (χ0v) is 12.5. The summed E-state index contributed by atoms with van der Waals surface area (Å²) in [6.07, 6.45) is 1.08. The molecule has 1 unspecified atom stereocenters. The van der Waals surface area contributed by atoms with Crippen molar-refractivity contribution in [3.8, 4) is 0 Å². The van der Waals surface area contributed by atoms with E-state index in [-0.39, 0.29) is 11.9 Å². The second-order valence-electron chi connectivity index (χ2n) is 4.86. The quantitative estimate of drug-likeness (QED) is 0.842. The second kappa shape index (κ2) is 6.31. The highest BCUT2D eigenvalue weighted by molar-refractivity contribution is 7.10.